The third-order valence-electron chi connectivity index (χ3n) is 3.95. The number of carbonyl (C=O) groups is 1. The highest BCUT2D eigenvalue weighted by molar-refractivity contribution is 7.14. The fourth-order valence-corrected chi connectivity index (χ4v) is 3.58. The Balaban J connectivity index is 1.90. The van der Waals surface area contributed by atoms with Crippen LogP contribution in [-0.4, -0.2) is 20.7 Å². The van der Waals surface area contributed by atoms with E-state index in [4.69, 9.17) is 0 Å². The van der Waals surface area contributed by atoms with Gasteiger partial charge in [-0.05, 0) is 12.3 Å². The van der Waals surface area contributed by atoms with E-state index < -0.39 is 0 Å². The summed E-state index contributed by atoms with van der Waals surface area (Å²) in [6.07, 6.45) is 3.62. The number of rotatable bonds is 7. The number of aromatic nitrogens is 3. The van der Waals surface area contributed by atoms with Crippen LogP contribution in [0.25, 0.3) is 11.3 Å². The fraction of sp³-hybridized carbons (Fsp3) is 0.350. The van der Waals surface area contributed by atoms with Crippen LogP contribution in [-0.2, 0) is 13.0 Å². The molecule has 0 aliphatic heterocycles. The minimum absolute atomic E-state index is 0.170. The van der Waals surface area contributed by atoms with E-state index in [9.17, 15) is 4.79 Å². The predicted octanol–water partition coefficient (Wildman–Crippen LogP) is 4.87. The lowest BCUT2D eigenvalue weighted by atomic mass is 10.1. The van der Waals surface area contributed by atoms with Crippen molar-refractivity contribution >= 4 is 22.4 Å². The van der Waals surface area contributed by atoms with Crippen molar-refractivity contribution in [3.05, 3.63) is 53.2 Å². The third kappa shape index (κ3) is 4.19. The molecule has 0 saturated heterocycles. The van der Waals surface area contributed by atoms with Gasteiger partial charge in [0, 0.05) is 17.5 Å². The van der Waals surface area contributed by atoms with E-state index >= 15 is 0 Å². The van der Waals surface area contributed by atoms with E-state index in [2.05, 4.69) is 36.2 Å². The topological polar surface area (TPSA) is 59.8 Å². The summed E-state index contributed by atoms with van der Waals surface area (Å²) in [5, 5.41) is 10.0. The summed E-state index contributed by atoms with van der Waals surface area (Å²) in [5.74, 6) is 0.264. The van der Waals surface area contributed by atoms with Gasteiger partial charge in [0.1, 0.15) is 0 Å². The van der Waals surface area contributed by atoms with Crippen molar-refractivity contribution in [2.75, 3.05) is 5.32 Å². The maximum atomic E-state index is 12.9. The molecule has 0 bridgehead atoms. The Morgan fingerprint density at radius 3 is 2.73 bits per heavy atom. The average molecular weight is 369 g/mol. The SMILES string of the molecule is CCCc1csc(NC(=O)c2cnn(CC(C)C)c2-c2ccccc2)n1. The number of hydrogen-bond acceptors (Lipinski definition) is 4. The Kier molecular flexibility index (Phi) is 5.83. The van der Waals surface area contributed by atoms with Crippen LogP contribution in [0.5, 0.6) is 0 Å². The predicted molar refractivity (Wildman–Crippen MR) is 107 cm³/mol. The molecule has 2 heterocycles. The van der Waals surface area contributed by atoms with Gasteiger partial charge >= 0.3 is 0 Å². The smallest absolute Gasteiger partial charge is 0.261 e. The highest BCUT2D eigenvalue weighted by Gasteiger charge is 2.20. The molecule has 0 atom stereocenters. The molecule has 136 valence electrons. The molecule has 0 unspecified atom stereocenters. The molecular weight excluding hydrogens is 344 g/mol. The van der Waals surface area contributed by atoms with E-state index in [0.717, 1.165) is 36.3 Å². The van der Waals surface area contributed by atoms with Crippen molar-refractivity contribution in [2.24, 2.45) is 5.92 Å². The van der Waals surface area contributed by atoms with Crippen molar-refractivity contribution in [3.63, 3.8) is 0 Å². The van der Waals surface area contributed by atoms with Crippen LogP contribution in [0.15, 0.2) is 41.9 Å². The van der Waals surface area contributed by atoms with Gasteiger partial charge in [0.25, 0.3) is 5.91 Å². The molecule has 0 fully saturated rings. The Morgan fingerprint density at radius 1 is 1.27 bits per heavy atom. The van der Waals surface area contributed by atoms with Gasteiger partial charge in [0.15, 0.2) is 5.13 Å². The zero-order valence-electron chi connectivity index (χ0n) is 15.4. The molecule has 3 aromatic rings. The van der Waals surface area contributed by atoms with Gasteiger partial charge in [-0.1, -0.05) is 57.5 Å². The zero-order chi connectivity index (χ0) is 18.5. The van der Waals surface area contributed by atoms with Gasteiger partial charge in [-0.15, -0.1) is 11.3 Å². The van der Waals surface area contributed by atoms with Gasteiger partial charge in [0.05, 0.1) is 23.1 Å². The molecule has 2 aromatic heterocycles. The second kappa shape index (κ2) is 8.27. The molecule has 0 spiro atoms. The minimum Gasteiger partial charge on any atom is -0.298 e. The van der Waals surface area contributed by atoms with Crippen molar-refractivity contribution in [3.8, 4) is 11.3 Å². The molecule has 6 heteroatoms. The quantitative estimate of drug-likeness (QED) is 0.647. The molecule has 0 saturated carbocycles. The molecule has 1 N–H and O–H groups in total. The summed E-state index contributed by atoms with van der Waals surface area (Å²) in [4.78, 5) is 17.4. The van der Waals surface area contributed by atoms with Gasteiger partial charge in [0.2, 0.25) is 0 Å². The van der Waals surface area contributed by atoms with Gasteiger partial charge < -0.3 is 0 Å². The highest BCUT2D eigenvalue weighted by Crippen LogP contribution is 2.26. The second-order valence-corrected chi connectivity index (χ2v) is 7.56. The summed E-state index contributed by atoms with van der Waals surface area (Å²) < 4.78 is 1.92. The molecule has 1 aromatic carbocycles. The normalized spacial score (nSPS) is 11.1. The average Bonchev–Trinajstić information content (AvgIpc) is 3.22. The number of aryl methyl sites for hydroxylation is 1. The maximum Gasteiger partial charge on any atom is 0.261 e. The first kappa shape index (κ1) is 18.3. The molecule has 1 amide bonds. The number of carbonyl (C=O) groups excluding carboxylic acids is 1. The number of benzene rings is 1. The van der Waals surface area contributed by atoms with Gasteiger partial charge in [-0.25, -0.2) is 4.98 Å². The van der Waals surface area contributed by atoms with E-state index in [1.807, 2.05) is 40.4 Å². The molecule has 26 heavy (non-hydrogen) atoms. The van der Waals surface area contributed by atoms with Crippen LogP contribution < -0.4 is 5.32 Å². The summed E-state index contributed by atoms with van der Waals surface area (Å²) >= 11 is 1.46. The molecule has 3 rings (SSSR count). The Morgan fingerprint density at radius 2 is 2.04 bits per heavy atom. The lowest BCUT2D eigenvalue weighted by Crippen LogP contribution is -2.14. The van der Waals surface area contributed by atoms with Crippen LogP contribution >= 0.6 is 11.3 Å². The van der Waals surface area contributed by atoms with Crippen LogP contribution in [0.1, 0.15) is 43.2 Å². The maximum absolute atomic E-state index is 12.9. The van der Waals surface area contributed by atoms with Crippen LogP contribution in [0.4, 0.5) is 5.13 Å². The lowest BCUT2D eigenvalue weighted by molar-refractivity contribution is 0.102. The Bertz CT molecular complexity index is 867. The van der Waals surface area contributed by atoms with E-state index in [-0.39, 0.29) is 5.91 Å². The number of nitrogens with one attached hydrogen (secondary N) is 1. The first-order valence-corrected chi connectivity index (χ1v) is 9.83. The summed E-state index contributed by atoms with van der Waals surface area (Å²) in [7, 11) is 0. The molecule has 5 nitrogen and oxygen atoms in total. The van der Waals surface area contributed by atoms with Crippen LogP contribution in [0, 0.1) is 5.92 Å². The highest BCUT2D eigenvalue weighted by atomic mass is 32.1. The summed E-state index contributed by atoms with van der Waals surface area (Å²) in [6, 6.07) is 9.93. The molecular formula is C20H24N4OS. The number of amides is 1. The summed E-state index contributed by atoms with van der Waals surface area (Å²) in [6.45, 7) is 7.16. The first-order valence-electron chi connectivity index (χ1n) is 8.95. The van der Waals surface area contributed by atoms with Crippen molar-refractivity contribution in [1.29, 1.82) is 0 Å². The number of hydrogen-bond donors (Lipinski definition) is 1. The lowest BCUT2D eigenvalue weighted by Gasteiger charge is -2.11. The summed E-state index contributed by atoms with van der Waals surface area (Å²) in [5.41, 5.74) is 3.43. The molecule has 0 radical (unpaired) electrons. The molecule has 0 aliphatic carbocycles. The number of nitrogens with zero attached hydrogens (tertiary/aromatic N) is 3. The largest absolute Gasteiger partial charge is 0.298 e. The van der Waals surface area contributed by atoms with E-state index in [1.54, 1.807) is 6.20 Å². The van der Waals surface area contributed by atoms with Crippen LogP contribution in [0.2, 0.25) is 0 Å². The number of thiazole rings is 1. The Hall–Kier alpha value is -2.47. The zero-order valence-corrected chi connectivity index (χ0v) is 16.2. The van der Waals surface area contributed by atoms with E-state index in [0.29, 0.717) is 16.6 Å². The Labute approximate surface area is 158 Å². The third-order valence-corrected chi connectivity index (χ3v) is 4.75. The molecule has 0 aliphatic rings. The van der Waals surface area contributed by atoms with Gasteiger partial charge in [-0.2, -0.15) is 5.10 Å². The first-order chi connectivity index (χ1) is 12.6. The fourth-order valence-electron chi connectivity index (χ4n) is 2.84. The monoisotopic (exact) mass is 368 g/mol. The van der Waals surface area contributed by atoms with E-state index in [1.165, 1.54) is 11.3 Å². The standard InChI is InChI=1S/C20H24N4OS/c1-4-8-16-13-26-20(22-16)23-19(25)17-11-21-24(12-14(2)3)18(17)15-9-6-5-7-10-15/h5-7,9-11,13-14H,4,8,12H2,1-3H3,(H,22,23,25). The van der Waals surface area contributed by atoms with Gasteiger partial charge in [-0.3, -0.25) is 14.8 Å². The van der Waals surface area contributed by atoms with Crippen LogP contribution in [0.3, 0.4) is 0 Å². The van der Waals surface area contributed by atoms with Crippen molar-refractivity contribution < 1.29 is 4.79 Å². The second-order valence-electron chi connectivity index (χ2n) is 6.70. The van der Waals surface area contributed by atoms with Crippen molar-refractivity contribution in [1.82, 2.24) is 14.8 Å². The minimum atomic E-state index is -0.170. The number of anilines is 1. The van der Waals surface area contributed by atoms with Crippen molar-refractivity contribution in [2.45, 2.75) is 40.2 Å².